The third-order valence-electron chi connectivity index (χ3n) is 4.59. The van der Waals surface area contributed by atoms with Crippen molar-refractivity contribution in [1.29, 1.82) is 0 Å². The van der Waals surface area contributed by atoms with E-state index >= 15 is 0 Å². The van der Waals surface area contributed by atoms with Crippen LogP contribution in [0.2, 0.25) is 0 Å². The van der Waals surface area contributed by atoms with E-state index in [2.05, 4.69) is 5.32 Å². The smallest absolute Gasteiger partial charge is 0.253 e. The van der Waals surface area contributed by atoms with Crippen LogP contribution in [0.5, 0.6) is 17.2 Å². The molecule has 0 fully saturated rings. The Labute approximate surface area is 171 Å². The Morgan fingerprint density at radius 1 is 0.931 bits per heavy atom. The third kappa shape index (κ3) is 4.64. The van der Waals surface area contributed by atoms with Crippen molar-refractivity contribution in [3.8, 4) is 17.2 Å². The van der Waals surface area contributed by atoms with Crippen LogP contribution < -0.4 is 19.5 Å². The van der Waals surface area contributed by atoms with Gasteiger partial charge in [0.2, 0.25) is 5.75 Å². The van der Waals surface area contributed by atoms with E-state index in [1.165, 1.54) is 33.5 Å². The lowest BCUT2D eigenvalue weighted by Crippen LogP contribution is -2.29. The van der Waals surface area contributed by atoms with Crippen LogP contribution in [0.25, 0.3) is 0 Å². The van der Waals surface area contributed by atoms with Crippen molar-refractivity contribution in [2.24, 2.45) is 0 Å². The molecule has 0 radical (unpaired) electrons. The molecule has 158 valence electrons. The normalized spacial score (nSPS) is 12.4. The van der Waals surface area contributed by atoms with E-state index in [1.54, 1.807) is 45.0 Å². The van der Waals surface area contributed by atoms with E-state index in [0.717, 1.165) is 5.56 Å². The summed E-state index contributed by atoms with van der Waals surface area (Å²) in [5, 5.41) is 2.21. The highest BCUT2D eigenvalue weighted by molar-refractivity contribution is 7.92. The van der Waals surface area contributed by atoms with Crippen LogP contribution >= 0.6 is 0 Å². The van der Waals surface area contributed by atoms with Gasteiger partial charge in [0.05, 0.1) is 43.1 Å². The van der Waals surface area contributed by atoms with Crippen LogP contribution in [0.3, 0.4) is 0 Å². The number of hydrogen-bond acceptors (Lipinski definition) is 6. The van der Waals surface area contributed by atoms with E-state index < -0.39 is 27.0 Å². The van der Waals surface area contributed by atoms with Crippen LogP contribution in [0.4, 0.5) is 0 Å². The van der Waals surface area contributed by atoms with Gasteiger partial charge in [-0.2, -0.15) is 0 Å². The summed E-state index contributed by atoms with van der Waals surface area (Å²) in [5.74, 6) is 0.896. The summed E-state index contributed by atoms with van der Waals surface area (Å²) in [6, 6.07) is 9.24. The molecule has 0 aliphatic carbocycles. The van der Waals surface area contributed by atoms with Crippen molar-refractivity contribution in [2.45, 2.75) is 37.0 Å². The average molecular weight is 422 g/mol. The molecule has 0 aliphatic rings. The first-order chi connectivity index (χ1) is 13.7. The predicted octanol–water partition coefficient (Wildman–Crippen LogP) is 3.39. The molecule has 1 atom stereocenters. The Kier molecular flexibility index (Phi) is 7.13. The molecular weight excluding hydrogens is 394 g/mol. The number of carbonyl (C=O) groups is 1. The third-order valence-corrected chi connectivity index (χ3v) is 6.80. The van der Waals surface area contributed by atoms with Gasteiger partial charge in [0.25, 0.3) is 5.91 Å². The maximum Gasteiger partial charge on any atom is 0.253 e. The van der Waals surface area contributed by atoms with E-state index in [9.17, 15) is 13.2 Å². The lowest BCUT2D eigenvalue weighted by Gasteiger charge is -2.20. The summed E-state index contributed by atoms with van der Waals surface area (Å²) < 4.78 is 41.3. The second-order valence-corrected chi connectivity index (χ2v) is 9.22. The van der Waals surface area contributed by atoms with Crippen molar-refractivity contribution in [3.63, 3.8) is 0 Å². The molecule has 2 rings (SSSR count). The standard InChI is InChI=1S/C21H27NO6S/c1-13(2)29(24,25)19-10-8-7-9-16(19)21(23)22-14(3)15-11-17(26-4)20(28-6)18(12-15)27-5/h7-14H,1-6H3,(H,22,23). The van der Waals surface area contributed by atoms with Gasteiger partial charge in [-0.25, -0.2) is 8.42 Å². The van der Waals surface area contributed by atoms with Crippen LogP contribution in [0.1, 0.15) is 42.7 Å². The van der Waals surface area contributed by atoms with Gasteiger partial charge in [-0.15, -0.1) is 0 Å². The van der Waals surface area contributed by atoms with Gasteiger partial charge < -0.3 is 19.5 Å². The van der Waals surface area contributed by atoms with Crippen molar-refractivity contribution in [2.75, 3.05) is 21.3 Å². The second kappa shape index (κ2) is 9.17. The summed E-state index contributed by atoms with van der Waals surface area (Å²) >= 11 is 0. The number of ether oxygens (including phenoxy) is 3. The number of hydrogen-bond donors (Lipinski definition) is 1. The first kappa shape index (κ1) is 22.5. The van der Waals surface area contributed by atoms with Crippen molar-refractivity contribution < 1.29 is 27.4 Å². The zero-order valence-corrected chi connectivity index (χ0v) is 18.3. The zero-order chi connectivity index (χ0) is 21.8. The molecule has 0 heterocycles. The van der Waals surface area contributed by atoms with Gasteiger partial charge >= 0.3 is 0 Å². The number of sulfone groups is 1. The molecular formula is C21H27NO6S. The Hall–Kier alpha value is -2.74. The van der Waals surface area contributed by atoms with Crippen LogP contribution in [-0.4, -0.2) is 40.9 Å². The summed E-state index contributed by atoms with van der Waals surface area (Å²) in [6.07, 6.45) is 0. The van der Waals surface area contributed by atoms with E-state index in [0.29, 0.717) is 17.2 Å². The van der Waals surface area contributed by atoms with Gasteiger partial charge in [-0.05, 0) is 50.6 Å². The SMILES string of the molecule is COc1cc(C(C)NC(=O)c2ccccc2S(=O)(=O)C(C)C)cc(OC)c1OC. The molecule has 0 aliphatic heterocycles. The minimum Gasteiger partial charge on any atom is -0.493 e. The lowest BCUT2D eigenvalue weighted by atomic mass is 10.1. The fraction of sp³-hybridized carbons (Fsp3) is 0.381. The molecule has 1 unspecified atom stereocenters. The van der Waals surface area contributed by atoms with Gasteiger partial charge in [-0.3, -0.25) is 4.79 Å². The maximum atomic E-state index is 12.9. The number of amides is 1. The van der Waals surface area contributed by atoms with Gasteiger partial charge in [-0.1, -0.05) is 12.1 Å². The molecule has 7 nitrogen and oxygen atoms in total. The number of rotatable bonds is 8. The minimum atomic E-state index is -3.60. The molecule has 0 aromatic heterocycles. The Morgan fingerprint density at radius 2 is 1.48 bits per heavy atom. The van der Waals surface area contributed by atoms with Crippen LogP contribution in [0, 0.1) is 0 Å². The second-order valence-electron chi connectivity index (χ2n) is 6.74. The van der Waals surface area contributed by atoms with Gasteiger partial charge in [0, 0.05) is 0 Å². The van der Waals surface area contributed by atoms with Crippen molar-refractivity contribution in [3.05, 3.63) is 47.5 Å². The summed E-state index contributed by atoms with van der Waals surface area (Å²) in [7, 11) is 0.933. The molecule has 0 spiro atoms. The van der Waals surface area contributed by atoms with Crippen molar-refractivity contribution in [1.82, 2.24) is 5.32 Å². The lowest BCUT2D eigenvalue weighted by molar-refractivity contribution is 0.0936. The molecule has 1 N–H and O–H groups in total. The van der Waals surface area contributed by atoms with E-state index in [4.69, 9.17) is 14.2 Å². The number of carbonyl (C=O) groups excluding carboxylic acids is 1. The highest BCUT2D eigenvalue weighted by Gasteiger charge is 2.26. The molecule has 29 heavy (non-hydrogen) atoms. The predicted molar refractivity (Wildman–Crippen MR) is 111 cm³/mol. The zero-order valence-electron chi connectivity index (χ0n) is 17.5. The van der Waals surface area contributed by atoms with E-state index in [-0.39, 0.29) is 10.5 Å². The Bertz CT molecular complexity index is 959. The number of nitrogens with one attached hydrogen (secondary N) is 1. The Balaban J connectivity index is 2.38. The highest BCUT2D eigenvalue weighted by Crippen LogP contribution is 2.39. The van der Waals surface area contributed by atoms with Gasteiger partial charge in [0.15, 0.2) is 21.3 Å². The molecule has 8 heteroatoms. The van der Waals surface area contributed by atoms with Crippen LogP contribution in [-0.2, 0) is 9.84 Å². The number of methoxy groups -OCH3 is 3. The molecule has 2 aromatic carbocycles. The molecule has 1 amide bonds. The monoisotopic (exact) mass is 421 g/mol. The first-order valence-electron chi connectivity index (χ1n) is 9.11. The topological polar surface area (TPSA) is 90.9 Å². The minimum absolute atomic E-state index is 0.0181. The molecule has 0 saturated heterocycles. The molecule has 2 aromatic rings. The maximum absolute atomic E-state index is 12.9. The quantitative estimate of drug-likeness (QED) is 0.703. The number of benzene rings is 2. The first-order valence-corrected chi connectivity index (χ1v) is 10.7. The average Bonchev–Trinajstić information content (AvgIpc) is 2.72. The van der Waals surface area contributed by atoms with E-state index in [1.807, 2.05) is 0 Å². The fourth-order valence-corrected chi connectivity index (χ4v) is 4.11. The summed E-state index contributed by atoms with van der Waals surface area (Å²) in [5.41, 5.74) is 0.831. The summed E-state index contributed by atoms with van der Waals surface area (Å²) in [6.45, 7) is 4.96. The largest absolute Gasteiger partial charge is 0.493 e. The van der Waals surface area contributed by atoms with Crippen molar-refractivity contribution >= 4 is 15.7 Å². The highest BCUT2D eigenvalue weighted by atomic mass is 32.2. The Morgan fingerprint density at radius 3 is 1.97 bits per heavy atom. The fourth-order valence-electron chi connectivity index (χ4n) is 2.87. The summed E-state index contributed by atoms with van der Waals surface area (Å²) in [4.78, 5) is 12.9. The molecule has 0 saturated carbocycles. The van der Waals surface area contributed by atoms with Gasteiger partial charge in [0.1, 0.15) is 0 Å². The molecule has 0 bridgehead atoms. The van der Waals surface area contributed by atoms with Crippen LogP contribution in [0.15, 0.2) is 41.3 Å².